The number of nitrogens with zero attached hydrogens (tertiary/aromatic N) is 1. The Morgan fingerprint density at radius 3 is 2.95 bits per heavy atom. The van der Waals surface area contributed by atoms with Crippen LogP contribution in [0.3, 0.4) is 0 Å². The lowest BCUT2D eigenvalue weighted by atomic mass is 10.0. The Labute approximate surface area is 112 Å². The van der Waals surface area contributed by atoms with Crippen LogP contribution in [0, 0.1) is 5.92 Å². The van der Waals surface area contributed by atoms with Gasteiger partial charge in [0, 0.05) is 20.2 Å². The first-order chi connectivity index (χ1) is 9.07. The molecule has 1 aromatic rings. The molecule has 1 unspecified atom stereocenters. The third-order valence-corrected chi connectivity index (χ3v) is 4.94. The molecule has 0 radical (unpaired) electrons. The van der Waals surface area contributed by atoms with Crippen molar-refractivity contribution in [3.05, 3.63) is 17.9 Å². The number of methoxy groups -OCH3 is 1. The molecule has 0 N–H and O–H groups in total. The molecule has 7 heteroatoms. The smallest absolute Gasteiger partial charge is 0.276 e. The Kier molecular flexibility index (Phi) is 4.38. The van der Waals surface area contributed by atoms with Gasteiger partial charge in [-0.2, -0.15) is 4.31 Å². The summed E-state index contributed by atoms with van der Waals surface area (Å²) in [5.41, 5.74) is 0. The molecule has 1 atom stereocenters. The third kappa shape index (κ3) is 3.05. The minimum atomic E-state index is -3.65. The molecule has 1 aromatic heterocycles. The lowest BCUT2D eigenvalue weighted by Gasteiger charge is -2.30. The van der Waals surface area contributed by atoms with Gasteiger partial charge in [-0.25, -0.2) is 8.42 Å². The van der Waals surface area contributed by atoms with Gasteiger partial charge in [0.1, 0.15) is 0 Å². The molecule has 1 aliphatic heterocycles. The van der Waals surface area contributed by atoms with Crippen molar-refractivity contribution >= 4 is 16.3 Å². The fourth-order valence-corrected chi connectivity index (χ4v) is 3.75. The molecule has 0 saturated carbocycles. The summed E-state index contributed by atoms with van der Waals surface area (Å²) in [5.74, 6) is 0.220. The summed E-state index contributed by atoms with van der Waals surface area (Å²) in [4.78, 5) is 10.5. The number of hydrogen-bond acceptors (Lipinski definition) is 5. The minimum Gasteiger partial charge on any atom is -0.440 e. The van der Waals surface area contributed by atoms with Gasteiger partial charge >= 0.3 is 0 Å². The Bertz CT molecular complexity index is 534. The van der Waals surface area contributed by atoms with Crippen LogP contribution in [0.2, 0.25) is 0 Å². The second-order valence-corrected chi connectivity index (χ2v) is 6.47. The first-order valence-electron chi connectivity index (χ1n) is 6.12. The monoisotopic (exact) mass is 287 g/mol. The molecular weight excluding hydrogens is 270 g/mol. The highest BCUT2D eigenvalue weighted by Crippen LogP contribution is 2.24. The lowest BCUT2D eigenvalue weighted by Crippen LogP contribution is -2.40. The normalized spacial score (nSPS) is 21.4. The number of carbonyl (C=O) groups is 1. The number of hydrogen-bond donors (Lipinski definition) is 0. The van der Waals surface area contributed by atoms with Crippen molar-refractivity contribution in [2.75, 3.05) is 26.8 Å². The van der Waals surface area contributed by atoms with Crippen molar-refractivity contribution in [1.82, 2.24) is 4.31 Å². The van der Waals surface area contributed by atoms with E-state index >= 15 is 0 Å². The van der Waals surface area contributed by atoms with Gasteiger partial charge in [-0.1, -0.05) is 0 Å². The average molecular weight is 287 g/mol. The number of piperidine rings is 1. The van der Waals surface area contributed by atoms with Gasteiger partial charge in [-0.3, -0.25) is 4.79 Å². The van der Waals surface area contributed by atoms with E-state index in [2.05, 4.69) is 0 Å². The molecule has 19 heavy (non-hydrogen) atoms. The van der Waals surface area contributed by atoms with E-state index in [1.165, 1.54) is 16.4 Å². The first-order valence-corrected chi connectivity index (χ1v) is 7.56. The fraction of sp³-hybridized carbons (Fsp3) is 0.583. The zero-order valence-corrected chi connectivity index (χ0v) is 11.6. The molecule has 0 amide bonds. The summed E-state index contributed by atoms with van der Waals surface area (Å²) in [6.07, 6.45) is 2.25. The molecular formula is C12H17NO5S. The van der Waals surface area contributed by atoms with Crippen molar-refractivity contribution < 1.29 is 22.4 Å². The van der Waals surface area contributed by atoms with Crippen molar-refractivity contribution in [2.45, 2.75) is 17.9 Å². The lowest BCUT2D eigenvalue weighted by molar-refractivity contribution is 0.109. The van der Waals surface area contributed by atoms with Gasteiger partial charge in [0.25, 0.3) is 10.0 Å². The molecule has 1 fully saturated rings. The molecule has 6 nitrogen and oxygen atoms in total. The summed E-state index contributed by atoms with van der Waals surface area (Å²) in [5, 5.41) is -0.173. The van der Waals surface area contributed by atoms with E-state index in [9.17, 15) is 13.2 Å². The highest BCUT2D eigenvalue weighted by molar-refractivity contribution is 7.89. The van der Waals surface area contributed by atoms with Crippen LogP contribution in [0.25, 0.3) is 0 Å². The molecule has 0 bridgehead atoms. The van der Waals surface area contributed by atoms with Gasteiger partial charge in [-0.15, -0.1) is 0 Å². The van der Waals surface area contributed by atoms with E-state index in [-0.39, 0.29) is 16.8 Å². The van der Waals surface area contributed by atoms with Crippen LogP contribution in [-0.2, 0) is 14.8 Å². The third-order valence-electron chi connectivity index (χ3n) is 3.20. The Morgan fingerprint density at radius 1 is 1.53 bits per heavy atom. The van der Waals surface area contributed by atoms with Crippen LogP contribution < -0.4 is 0 Å². The van der Waals surface area contributed by atoms with Crippen LogP contribution in [0.4, 0.5) is 0 Å². The Hall–Kier alpha value is -1.18. The summed E-state index contributed by atoms with van der Waals surface area (Å²) in [6, 6.07) is 2.68. The quantitative estimate of drug-likeness (QED) is 0.759. The van der Waals surface area contributed by atoms with Crippen molar-refractivity contribution in [1.29, 1.82) is 0 Å². The first kappa shape index (κ1) is 14.2. The van der Waals surface area contributed by atoms with E-state index < -0.39 is 10.0 Å². The Morgan fingerprint density at radius 2 is 2.32 bits per heavy atom. The molecule has 2 heterocycles. The maximum Gasteiger partial charge on any atom is 0.276 e. The van der Waals surface area contributed by atoms with Crippen LogP contribution in [0.1, 0.15) is 23.4 Å². The predicted molar refractivity (Wildman–Crippen MR) is 67.5 cm³/mol. The molecule has 1 aliphatic rings. The predicted octanol–water partition coefficient (Wildman–Crippen LogP) is 1.14. The number of sulfonamides is 1. The van der Waals surface area contributed by atoms with Crippen LogP contribution >= 0.6 is 0 Å². The molecule has 0 spiro atoms. The van der Waals surface area contributed by atoms with Crippen LogP contribution in [-0.4, -0.2) is 45.8 Å². The topological polar surface area (TPSA) is 76.8 Å². The summed E-state index contributed by atoms with van der Waals surface area (Å²) >= 11 is 0. The number of furan rings is 1. The zero-order chi connectivity index (χ0) is 13.9. The van der Waals surface area contributed by atoms with E-state index in [0.29, 0.717) is 26.0 Å². The van der Waals surface area contributed by atoms with Gasteiger partial charge in [0.2, 0.25) is 5.09 Å². The highest BCUT2D eigenvalue weighted by atomic mass is 32.2. The highest BCUT2D eigenvalue weighted by Gasteiger charge is 2.32. The number of rotatable bonds is 5. The van der Waals surface area contributed by atoms with E-state index in [1.807, 2.05) is 0 Å². The van der Waals surface area contributed by atoms with Crippen LogP contribution in [0.15, 0.2) is 21.6 Å². The summed E-state index contributed by atoms with van der Waals surface area (Å²) in [7, 11) is -2.04. The van der Waals surface area contributed by atoms with Crippen molar-refractivity contribution in [2.24, 2.45) is 5.92 Å². The maximum absolute atomic E-state index is 12.3. The summed E-state index contributed by atoms with van der Waals surface area (Å²) in [6.45, 7) is 1.44. The molecule has 106 valence electrons. The van der Waals surface area contributed by atoms with E-state index in [1.54, 1.807) is 7.11 Å². The second kappa shape index (κ2) is 5.85. The van der Waals surface area contributed by atoms with E-state index in [0.717, 1.165) is 12.8 Å². The van der Waals surface area contributed by atoms with Crippen LogP contribution in [0.5, 0.6) is 0 Å². The fourth-order valence-electron chi connectivity index (χ4n) is 2.28. The second-order valence-electron chi connectivity index (χ2n) is 4.60. The standard InChI is InChI=1S/C12H17NO5S/c1-17-9-10-3-2-6-13(7-10)19(15,16)12-5-4-11(8-14)18-12/h4-5,8,10H,2-3,6-7,9H2,1H3. The molecule has 2 rings (SSSR count). The number of ether oxygens (including phenoxy) is 1. The summed E-state index contributed by atoms with van der Waals surface area (Å²) < 4.78 is 36.2. The van der Waals surface area contributed by atoms with Crippen molar-refractivity contribution in [3.63, 3.8) is 0 Å². The van der Waals surface area contributed by atoms with Gasteiger partial charge in [-0.05, 0) is 30.9 Å². The molecule has 1 saturated heterocycles. The minimum absolute atomic E-state index is 0.0176. The largest absolute Gasteiger partial charge is 0.440 e. The number of aldehydes is 1. The van der Waals surface area contributed by atoms with Crippen molar-refractivity contribution in [3.8, 4) is 0 Å². The number of carbonyl (C=O) groups excluding carboxylic acids is 1. The SMILES string of the molecule is COCC1CCCN(S(=O)(=O)c2ccc(C=O)o2)C1. The molecule has 0 aromatic carbocycles. The van der Waals surface area contributed by atoms with Gasteiger partial charge < -0.3 is 9.15 Å². The van der Waals surface area contributed by atoms with Gasteiger partial charge in [0.15, 0.2) is 12.0 Å². The zero-order valence-electron chi connectivity index (χ0n) is 10.7. The van der Waals surface area contributed by atoms with E-state index in [4.69, 9.17) is 9.15 Å². The average Bonchev–Trinajstić information content (AvgIpc) is 2.89. The van der Waals surface area contributed by atoms with Gasteiger partial charge in [0.05, 0.1) is 6.61 Å². The maximum atomic E-state index is 12.3. The molecule has 0 aliphatic carbocycles. The Balaban J connectivity index is 2.16.